The lowest BCUT2D eigenvalue weighted by atomic mass is 9.98. The molecule has 152 valence electrons. The largest absolute Gasteiger partial charge is 0.508 e. The standard InChI is InChI=1S/C24H26O5/c1-14(2)21(27)9-5-15(3)4-8-19-20(11-18(26)12-22(19)28)24-10-16-6-7-17(25)13-23(16)29-24/h4,6-7,10-13,21,25-28H,1,5,8-9H2,2-3H3/b15-4+. The number of benzene rings is 2. The number of rotatable bonds is 7. The summed E-state index contributed by atoms with van der Waals surface area (Å²) in [6.07, 6.45) is 3.22. The average molecular weight is 394 g/mol. The van der Waals surface area contributed by atoms with E-state index in [4.69, 9.17) is 4.42 Å². The van der Waals surface area contributed by atoms with Crippen LogP contribution in [-0.4, -0.2) is 26.5 Å². The van der Waals surface area contributed by atoms with E-state index >= 15 is 0 Å². The maximum Gasteiger partial charge on any atom is 0.138 e. The molecule has 2 aromatic carbocycles. The molecule has 1 heterocycles. The zero-order chi connectivity index (χ0) is 21.1. The maximum absolute atomic E-state index is 10.4. The predicted molar refractivity (Wildman–Crippen MR) is 114 cm³/mol. The van der Waals surface area contributed by atoms with Crippen molar-refractivity contribution in [2.24, 2.45) is 0 Å². The molecule has 1 atom stereocenters. The molecule has 3 aromatic rings. The molecular formula is C24H26O5. The first-order chi connectivity index (χ1) is 13.7. The van der Waals surface area contributed by atoms with E-state index in [2.05, 4.69) is 6.58 Å². The van der Waals surface area contributed by atoms with Crippen molar-refractivity contribution in [3.63, 3.8) is 0 Å². The molecule has 1 aromatic heterocycles. The smallest absolute Gasteiger partial charge is 0.138 e. The lowest BCUT2D eigenvalue weighted by Gasteiger charge is -2.11. The number of phenols is 3. The fraction of sp³-hybridized carbons (Fsp3) is 0.250. The summed E-state index contributed by atoms with van der Waals surface area (Å²) in [6.45, 7) is 7.54. The van der Waals surface area contributed by atoms with E-state index in [1.54, 1.807) is 25.1 Å². The first-order valence-corrected chi connectivity index (χ1v) is 9.51. The molecule has 0 aliphatic heterocycles. The second-order valence-electron chi connectivity index (χ2n) is 7.48. The fourth-order valence-electron chi connectivity index (χ4n) is 3.22. The third kappa shape index (κ3) is 4.81. The quantitative estimate of drug-likeness (QED) is 0.401. The SMILES string of the molecule is C=C(C)C(O)CC/C(C)=C/Cc1c(O)cc(O)cc1-c1cc2ccc(O)cc2o1. The van der Waals surface area contributed by atoms with Gasteiger partial charge >= 0.3 is 0 Å². The monoisotopic (exact) mass is 394 g/mol. The van der Waals surface area contributed by atoms with Crippen LogP contribution in [0, 0.1) is 0 Å². The fourth-order valence-corrected chi connectivity index (χ4v) is 3.22. The van der Waals surface area contributed by atoms with Crippen molar-refractivity contribution in [3.05, 3.63) is 65.8 Å². The summed E-state index contributed by atoms with van der Waals surface area (Å²) >= 11 is 0. The van der Waals surface area contributed by atoms with Crippen LogP contribution < -0.4 is 0 Å². The Bertz CT molecular complexity index is 1070. The minimum absolute atomic E-state index is 0.0191. The molecule has 5 nitrogen and oxygen atoms in total. The Labute approximate surface area is 169 Å². The molecule has 0 aliphatic rings. The van der Waals surface area contributed by atoms with E-state index in [0.29, 0.717) is 41.7 Å². The number of allylic oxidation sites excluding steroid dienone is 2. The summed E-state index contributed by atoms with van der Waals surface area (Å²) in [4.78, 5) is 0. The van der Waals surface area contributed by atoms with Gasteiger partial charge < -0.3 is 24.8 Å². The van der Waals surface area contributed by atoms with Crippen LogP contribution in [0.2, 0.25) is 0 Å². The summed E-state index contributed by atoms with van der Waals surface area (Å²) in [6, 6.07) is 9.53. The van der Waals surface area contributed by atoms with Crippen LogP contribution in [0.15, 0.2) is 64.6 Å². The molecule has 0 saturated carbocycles. The van der Waals surface area contributed by atoms with Crippen LogP contribution in [0.5, 0.6) is 17.2 Å². The van der Waals surface area contributed by atoms with Gasteiger partial charge in [0, 0.05) is 28.6 Å². The summed E-state index contributed by atoms with van der Waals surface area (Å²) in [5.74, 6) is 0.521. The normalized spacial score (nSPS) is 13.0. The molecule has 4 N–H and O–H groups in total. The molecule has 0 saturated heterocycles. The van der Waals surface area contributed by atoms with Gasteiger partial charge in [0.2, 0.25) is 0 Å². The highest BCUT2D eigenvalue weighted by Gasteiger charge is 2.16. The Morgan fingerprint density at radius 3 is 2.55 bits per heavy atom. The number of aliphatic hydroxyl groups excluding tert-OH is 1. The molecule has 29 heavy (non-hydrogen) atoms. The Kier molecular flexibility index (Phi) is 5.99. The number of furan rings is 1. The molecule has 0 radical (unpaired) electrons. The summed E-state index contributed by atoms with van der Waals surface area (Å²) < 4.78 is 5.85. The van der Waals surface area contributed by atoms with Crippen molar-refractivity contribution in [1.29, 1.82) is 0 Å². The van der Waals surface area contributed by atoms with Gasteiger partial charge in [0.05, 0.1) is 6.10 Å². The molecule has 0 spiro atoms. The third-order valence-corrected chi connectivity index (χ3v) is 5.02. The Balaban J connectivity index is 1.90. The van der Waals surface area contributed by atoms with Crippen LogP contribution in [-0.2, 0) is 6.42 Å². The molecule has 5 heteroatoms. The van der Waals surface area contributed by atoms with Gasteiger partial charge in [-0.15, -0.1) is 0 Å². The number of hydrogen-bond acceptors (Lipinski definition) is 5. The van der Waals surface area contributed by atoms with E-state index in [1.807, 2.05) is 19.1 Å². The highest BCUT2D eigenvalue weighted by molar-refractivity contribution is 5.85. The molecule has 0 fully saturated rings. The second kappa shape index (κ2) is 8.45. The van der Waals surface area contributed by atoms with E-state index < -0.39 is 6.10 Å². The van der Waals surface area contributed by atoms with E-state index in [9.17, 15) is 20.4 Å². The lowest BCUT2D eigenvalue weighted by molar-refractivity contribution is 0.201. The van der Waals surface area contributed by atoms with Gasteiger partial charge in [0.15, 0.2) is 0 Å². The molecule has 3 rings (SSSR count). The number of hydrogen-bond donors (Lipinski definition) is 4. The van der Waals surface area contributed by atoms with E-state index in [-0.39, 0.29) is 17.2 Å². The van der Waals surface area contributed by atoms with Crippen molar-refractivity contribution in [2.45, 2.75) is 39.2 Å². The van der Waals surface area contributed by atoms with Gasteiger partial charge in [-0.05, 0) is 57.4 Å². The van der Waals surface area contributed by atoms with Gasteiger partial charge in [0.25, 0.3) is 0 Å². The van der Waals surface area contributed by atoms with Gasteiger partial charge in [0.1, 0.15) is 28.6 Å². The van der Waals surface area contributed by atoms with Crippen molar-refractivity contribution in [3.8, 4) is 28.6 Å². The van der Waals surface area contributed by atoms with E-state index in [1.165, 1.54) is 12.1 Å². The van der Waals surface area contributed by atoms with Gasteiger partial charge in [-0.3, -0.25) is 0 Å². The molecule has 0 aliphatic carbocycles. The predicted octanol–water partition coefficient (Wildman–Crippen LogP) is 5.42. The molecular weight excluding hydrogens is 368 g/mol. The first-order valence-electron chi connectivity index (χ1n) is 9.51. The zero-order valence-corrected chi connectivity index (χ0v) is 16.6. The lowest BCUT2D eigenvalue weighted by Crippen LogP contribution is -2.06. The van der Waals surface area contributed by atoms with Crippen molar-refractivity contribution >= 4 is 11.0 Å². The molecule has 0 amide bonds. The van der Waals surface area contributed by atoms with Gasteiger partial charge in [-0.1, -0.05) is 23.8 Å². The topological polar surface area (TPSA) is 94.1 Å². The van der Waals surface area contributed by atoms with Gasteiger partial charge in [-0.2, -0.15) is 0 Å². The minimum atomic E-state index is -0.525. The summed E-state index contributed by atoms with van der Waals surface area (Å²) in [5.41, 5.74) is 3.56. The number of fused-ring (bicyclic) bond motifs is 1. The van der Waals surface area contributed by atoms with Crippen LogP contribution in [0.4, 0.5) is 0 Å². The van der Waals surface area contributed by atoms with Crippen molar-refractivity contribution in [1.82, 2.24) is 0 Å². The van der Waals surface area contributed by atoms with Crippen molar-refractivity contribution < 1.29 is 24.8 Å². The van der Waals surface area contributed by atoms with E-state index in [0.717, 1.165) is 16.5 Å². The van der Waals surface area contributed by atoms with Crippen LogP contribution in [0.3, 0.4) is 0 Å². The Hall–Kier alpha value is -3.18. The molecule has 1 unspecified atom stereocenters. The second-order valence-corrected chi connectivity index (χ2v) is 7.48. The van der Waals surface area contributed by atoms with Crippen LogP contribution in [0.25, 0.3) is 22.3 Å². The third-order valence-electron chi connectivity index (χ3n) is 5.02. The zero-order valence-electron chi connectivity index (χ0n) is 16.6. The van der Waals surface area contributed by atoms with Crippen LogP contribution >= 0.6 is 0 Å². The highest BCUT2D eigenvalue weighted by Crippen LogP contribution is 2.38. The van der Waals surface area contributed by atoms with Crippen LogP contribution in [0.1, 0.15) is 32.3 Å². The Morgan fingerprint density at radius 2 is 1.83 bits per heavy atom. The summed E-state index contributed by atoms with van der Waals surface area (Å²) in [7, 11) is 0. The number of aliphatic hydroxyl groups is 1. The average Bonchev–Trinajstić information content (AvgIpc) is 3.07. The highest BCUT2D eigenvalue weighted by atomic mass is 16.3. The van der Waals surface area contributed by atoms with Crippen molar-refractivity contribution in [2.75, 3.05) is 0 Å². The molecule has 0 bridgehead atoms. The number of aromatic hydroxyl groups is 3. The number of phenolic OH excluding ortho intramolecular Hbond substituents is 3. The Morgan fingerprint density at radius 1 is 1.07 bits per heavy atom. The minimum Gasteiger partial charge on any atom is -0.508 e. The maximum atomic E-state index is 10.4. The summed E-state index contributed by atoms with van der Waals surface area (Å²) in [5, 5.41) is 40.8. The first kappa shape index (κ1) is 20.6. The van der Waals surface area contributed by atoms with Gasteiger partial charge in [-0.25, -0.2) is 0 Å².